The Morgan fingerprint density at radius 1 is 0.963 bits per heavy atom. The summed E-state index contributed by atoms with van der Waals surface area (Å²) in [6.07, 6.45) is 3.27. The van der Waals surface area contributed by atoms with Gasteiger partial charge in [0, 0.05) is 18.3 Å². The summed E-state index contributed by atoms with van der Waals surface area (Å²) in [5, 5.41) is 11.3. The number of fused-ring (bicyclic) bond motifs is 1. The van der Waals surface area contributed by atoms with Crippen LogP contribution in [-0.2, 0) is 4.79 Å². The van der Waals surface area contributed by atoms with Crippen LogP contribution in [0.3, 0.4) is 0 Å². The molecule has 134 valence electrons. The molecule has 0 aliphatic carbocycles. The van der Waals surface area contributed by atoms with Crippen molar-refractivity contribution < 1.29 is 4.79 Å². The number of nitrogens with zero attached hydrogens (tertiary/aromatic N) is 4. The van der Waals surface area contributed by atoms with E-state index in [-0.39, 0.29) is 5.91 Å². The zero-order chi connectivity index (χ0) is 18.8. The van der Waals surface area contributed by atoms with Gasteiger partial charge in [0.25, 0.3) is 0 Å². The minimum Gasteiger partial charge on any atom is -0.340 e. The van der Waals surface area contributed by atoms with E-state index in [1.807, 2.05) is 55.5 Å². The zero-order valence-electron chi connectivity index (χ0n) is 15.0. The average Bonchev–Trinajstić information content (AvgIpc) is 3.09. The Balaban J connectivity index is 1.65. The molecule has 2 aromatic carbocycles. The molecule has 0 spiro atoms. The van der Waals surface area contributed by atoms with Crippen molar-refractivity contribution in [2.45, 2.75) is 13.8 Å². The van der Waals surface area contributed by atoms with E-state index in [0.29, 0.717) is 5.82 Å². The average molecular weight is 358 g/mol. The van der Waals surface area contributed by atoms with E-state index in [9.17, 15) is 4.79 Å². The molecule has 0 radical (unpaired) electrons. The van der Waals surface area contributed by atoms with Crippen LogP contribution in [-0.4, -0.2) is 25.7 Å². The summed E-state index contributed by atoms with van der Waals surface area (Å²) >= 11 is 0. The Morgan fingerprint density at radius 2 is 1.67 bits per heavy atom. The molecule has 7 nitrogen and oxygen atoms in total. The number of rotatable bonds is 4. The highest BCUT2D eigenvalue weighted by molar-refractivity contribution is 5.90. The zero-order valence-corrected chi connectivity index (χ0v) is 15.0. The van der Waals surface area contributed by atoms with E-state index in [0.717, 1.165) is 28.1 Å². The van der Waals surface area contributed by atoms with Crippen LogP contribution in [0.2, 0.25) is 0 Å². The lowest BCUT2D eigenvalue weighted by Gasteiger charge is -2.08. The van der Waals surface area contributed by atoms with Gasteiger partial charge < -0.3 is 10.6 Å². The van der Waals surface area contributed by atoms with E-state index in [1.54, 1.807) is 10.9 Å². The van der Waals surface area contributed by atoms with Crippen LogP contribution < -0.4 is 10.6 Å². The quantitative estimate of drug-likeness (QED) is 0.579. The number of anilines is 3. The minimum atomic E-state index is -0.100. The maximum absolute atomic E-state index is 11.1. The van der Waals surface area contributed by atoms with E-state index in [4.69, 9.17) is 0 Å². The molecule has 27 heavy (non-hydrogen) atoms. The van der Waals surface area contributed by atoms with Gasteiger partial charge >= 0.3 is 0 Å². The van der Waals surface area contributed by atoms with Gasteiger partial charge in [-0.3, -0.25) is 4.79 Å². The van der Waals surface area contributed by atoms with E-state index < -0.39 is 0 Å². The van der Waals surface area contributed by atoms with Crippen LogP contribution in [0.4, 0.5) is 17.2 Å². The third-order valence-corrected chi connectivity index (χ3v) is 4.11. The molecule has 0 saturated heterocycles. The van der Waals surface area contributed by atoms with Gasteiger partial charge in [-0.2, -0.15) is 5.10 Å². The molecular formula is C20H18N6O. The van der Waals surface area contributed by atoms with Crippen LogP contribution in [0.1, 0.15) is 12.5 Å². The molecule has 2 aromatic heterocycles. The first-order chi connectivity index (χ1) is 13.1. The summed E-state index contributed by atoms with van der Waals surface area (Å²) in [7, 11) is 0. The van der Waals surface area contributed by atoms with Crippen LogP contribution >= 0.6 is 0 Å². The van der Waals surface area contributed by atoms with Crippen molar-refractivity contribution in [2.75, 3.05) is 10.6 Å². The van der Waals surface area contributed by atoms with E-state index in [1.165, 1.54) is 18.8 Å². The maximum atomic E-state index is 11.1. The third kappa shape index (κ3) is 3.48. The van der Waals surface area contributed by atoms with E-state index in [2.05, 4.69) is 25.7 Å². The number of carbonyl (C=O) groups is 1. The number of hydrogen-bond donors (Lipinski definition) is 2. The first-order valence-corrected chi connectivity index (χ1v) is 8.50. The van der Waals surface area contributed by atoms with Crippen LogP contribution in [0.15, 0.2) is 61.1 Å². The van der Waals surface area contributed by atoms with Gasteiger partial charge in [0.1, 0.15) is 12.1 Å². The summed E-state index contributed by atoms with van der Waals surface area (Å²) < 4.78 is 1.79. The van der Waals surface area contributed by atoms with Crippen molar-refractivity contribution in [3.63, 3.8) is 0 Å². The van der Waals surface area contributed by atoms with Crippen molar-refractivity contribution in [2.24, 2.45) is 0 Å². The maximum Gasteiger partial charge on any atom is 0.221 e. The molecular weight excluding hydrogens is 340 g/mol. The molecule has 0 atom stereocenters. The standard InChI is InChI=1S/C20H18N6O/c1-13-3-9-17(10-4-13)26-20-18(11-23-26)19(21-12-22-20)25-16-7-5-15(6-8-16)24-14(2)27/h3-12H,1-2H3,(H,24,27)(H,21,22,25). The Hall–Kier alpha value is -3.74. The highest BCUT2D eigenvalue weighted by Crippen LogP contribution is 2.25. The second-order valence-electron chi connectivity index (χ2n) is 6.24. The number of aromatic nitrogens is 4. The lowest BCUT2D eigenvalue weighted by molar-refractivity contribution is -0.114. The molecule has 0 aliphatic heterocycles. The number of hydrogen-bond acceptors (Lipinski definition) is 5. The fraction of sp³-hybridized carbons (Fsp3) is 0.100. The first-order valence-electron chi connectivity index (χ1n) is 8.50. The predicted octanol–water partition coefficient (Wildman–Crippen LogP) is 3.83. The summed E-state index contributed by atoms with van der Waals surface area (Å²) in [5.74, 6) is 0.572. The molecule has 0 aliphatic rings. The first kappa shape index (κ1) is 16.7. The molecule has 0 fully saturated rings. The highest BCUT2D eigenvalue weighted by atomic mass is 16.1. The molecule has 4 aromatic rings. The fourth-order valence-electron chi connectivity index (χ4n) is 2.80. The molecule has 2 heterocycles. The number of amides is 1. The van der Waals surface area contributed by atoms with Gasteiger partial charge in [-0.25, -0.2) is 14.6 Å². The van der Waals surface area contributed by atoms with Crippen molar-refractivity contribution >= 4 is 34.1 Å². The molecule has 7 heteroatoms. The van der Waals surface area contributed by atoms with Crippen LogP contribution in [0.5, 0.6) is 0 Å². The molecule has 0 bridgehead atoms. The van der Waals surface area contributed by atoms with Crippen LogP contribution in [0.25, 0.3) is 16.7 Å². The molecule has 1 amide bonds. The Morgan fingerprint density at radius 3 is 2.37 bits per heavy atom. The molecule has 0 unspecified atom stereocenters. The van der Waals surface area contributed by atoms with Gasteiger partial charge in [-0.1, -0.05) is 17.7 Å². The molecule has 4 rings (SSSR count). The lowest BCUT2D eigenvalue weighted by Crippen LogP contribution is -2.05. The summed E-state index contributed by atoms with van der Waals surface area (Å²) in [6.45, 7) is 3.53. The second-order valence-corrected chi connectivity index (χ2v) is 6.24. The number of carbonyl (C=O) groups excluding carboxylic acids is 1. The van der Waals surface area contributed by atoms with Crippen molar-refractivity contribution in [3.8, 4) is 5.69 Å². The number of benzene rings is 2. The van der Waals surface area contributed by atoms with Crippen LogP contribution in [0, 0.1) is 6.92 Å². The van der Waals surface area contributed by atoms with Gasteiger partial charge in [0.15, 0.2) is 5.65 Å². The Bertz CT molecular complexity index is 1100. The van der Waals surface area contributed by atoms with Gasteiger partial charge in [0.05, 0.1) is 17.3 Å². The number of aryl methyl sites for hydroxylation is 1. The largest absolute Gasteiger partial charge is 0.340 e. The van der Waals surface area contributed by atoms with E-state index >= 15 is 0 Å². The highest BCUT2D eigenvalue weighted by Gasteiger charge is 2.11. The second kappa shape index (κ2) is 6.87. The third-order valence-electron chi connectivity index (χ3n) is 4.11. The van der Waals surface area contributed by atoms with Gasteiger partial charge in [-0.15, -0.1) is 0 Å². The lowest BCUT2D eigenvalue weighted by atomic mass is 10.2. The Kier molecular flexibility index (Phi) is 4.25. The summed E-state index contributed by atoms with van der Waals surface area (Å²) in [4.78, 5) is 19.9. The van der Waals surface area contributed by atoms with Gasteiger partial charge in [-0.05, 0) is 43.3 Å². The minimum absolute atomic E-state index is 0.100. The fourth-order valence-corrected chi connectivity index (χ4v) is 2.80. The molecule has 2 N–H and O–H groups in total. The predicted molar refractivity (Wildman–Crippen MR) is 105 cm³/mol. The molecule has 0 saturated carbocycles. The van der Waals surface area contributed by atoms with Crippen molar-refractivity contribution in [1.82, 2.24) is 19.7 Å². The summed E-state index contributed by atoms with van der Waals surface area (Å²) in [5.41, 5.74) is 4.46. The smallest absolute Gasteiger partial charge is 0.221 e. The topological polar surface area (TPSA) is 84.7 Å². The number of nitrogens with one attached hydrogen (secondary N) is 2. The Labute approximate surface area is 156 Å². The van der Waals surface area contributed by atoms with Gasteiger partial charge in [0.2, 0.25) is 5.91 Å². The normalized spacial score (nSPS) is 10.7. The SMILES string of the molecule is CC(=O)Nc1ccc(Nc2ncnc3c2cnn3-c2ccc(C)cc2)cc1. The monoisotopic (exact) mass is 358 g/mol. The summed E-state index contributed by atoms with van der Waals surface area (Å²) in [6, 6.07) is 15.5. The van der Waals surface area contributed by atoms with Crippen molar-refractivity contribution in [1.29, 1.82) is 0 Å². The van der Waals surface area contributed by atoms with Crippen molar-refractivity contribution in [3.05, 3.63) is 66.6 Å².